The van der Waals surface area contributed by atoms with E-state index in [1.54, 1.807) is 7.11 Å². The van der Waals surface area contributed by atoms with E-state index in [9.17, 15) is 4.79 Å². The molecule has 1 heterocycles. The van der Waals surface area contributed by atoms with E-state index in [1.165, 1.54) is 24.7 Å². The van der Waals surface area contributed by atoms with Crippen LogP contribution in [0.1, 0.15) is 55.1 Å². The van der Waals surface area contributed by atoms with E-state index in [4.69, 9.17) is 9.15 Å². The van der Waals surface area contributed by atoms with Gasteiger partial charge in [-0.2, -0.15) is 0 Å². The SMILES string of the molecule is CCC(C)NC(=O)c1coc(CN(Cc2cccc(OC)c2)C2CC2)n1. The standard InChI is InChI=1S/C20H27N3O3/c1-4-14(2)21-20(24)18-13-26-19(22-18)12-23(16-8-9-16)11-15-6-5-7-17(10-15)25-3/h5-7,10,13-14,16H,4,8-9,11-12H2,1-3H3,(H,21,24). The number of methoxy groups -OCH3 is 1. The van der Waals surface area contributed by atoms with Gasteiger partial charge >= 0.3 is 0 Å². The number of benzene rings is 1. The molecule has 1 aromatic carbocycles. The van der Waals surface area contributed by atoms with Gasteiger partial charge in [0.05, 0.1) is 13.7 Å². The molecule has 1 aliphatic carbocycles. The topological polar surface area (TPSA) is 67.6 Å². The number of carbonyl (C=O) groups is 1. The molecule has 1 N–H and O–H groups in total. The lowest BCUT2D eigenvalue weighted by Gasteiger charge is -2.20. The normalized spacial score (nSPS) is 15.1. The Bertz CT molecular complexity index is 739. The smallest absolute Gasteiger partial charge is 0.273 e. The fourth-order valence-corrected chi connectivity index (χ4v) is 2.82. The first-order valence-electron chi connectivity index (χ1n) is 9.21. The maximum atomic E-state index is 12.2. The molecule has 1 aliphatic rings. The number of hydrogen-bond donors (Lipinski definition) is 1. The summed E-state index contributed by atoms with van der Waals surface area (Å²) in [5.41, 5.74) is 1.54. The third-order valence-electron chi connectivity index (χ3n) is 4.70. The summed E-state index contributed by atoms with van der Waals surface area (Å²) in [6, 6.07) is 8.77. The van der Waals surface area contributed by atoms with Gasteiger partial charge in [0.1, 0.15) is 12.0 Å². The fraction of sp³-hybridized carbons (Fsp3) is 0.500. The van der Waals surface area contributed by atoms with E-state index >= 15 is 0 Å². The first-order chi connectivity index (χ1) is 12.6. The zero-order valence-corrected chi connectivity index (χ0v) is 15.7. The van der Waals surface area contributed by atoms with E-state index < -0.39 is 0 Å². The van der Waals surface area contributed by atoms with E-state index in [1.807, 2.05) is 26.0 Å². The Balaban J connectivity index is 1.64. The zero-order chi connectivity index (χ0) is 18.5. The monoisotopic (exact) mass is 357 g/mol. The average Bonchev–Trinajstić information content (AvgIpc) is 3.40. The highest BCUT2D eigenvalue weighted by molar-refractivity contribution is 5.92. The van der Waals surface area contributed by atoms with Crippen LogP contribution in [-0.4, -0.2) is 35.0 Å². The minimum Gasteiger partial charge on any atom is -0.497 e. The quantitative estimate of drug-likeness (QED) is 0.745. The van der Waals surface area contributed by atoms with Gasteiger partial charge < -0.3 is 14.5 Å². The molecule has 140 valence electrons. The van der Waals surface area contributed by atoms with Crippen LogP contribution in [0.15, 0.2) is 34.9 Å². The number of rotatable bonds is 9. The summed E-state index contributed by atoms with van der Waals surface area (Å²) in [5.74, 6) is 1.26. The van der Waals surface area contributed by atoms with Crippen LogP contribution < -0.4 is 10.1 Å². The molecule has 0 radical (unpaired) electrons. The lowest BCUT2D eigenvalue weighted by Crippen LogP contribution is -2.32. The summed E-state index contributed by atoms with van der Waals surface area (Å²) in [4.78, 5) is 18.9. The Labute approximate surface area is 154 Å². The van der Waals surface area contributed by atoms with Crippen molar-refractivity contribution in [1.82, 2.24) is 15.2 Å². The molecule has 1 atom stereocenters. The number of hydrogen-bond acceptors (Lipinski definition) is 5. The summed E-state index contributed by atoms with van der Waals surface area (Å²) in [6.07, 6.45) is 4.70. The molecule has 1 amide bonds. The molecule has 26 heavy (non-hydrogen) atoms. The molecule has 0 aliphatic heterocycles. The van der Waals surface area contributed by atoms with Crippen LogP contribution in [-0.2, 0) is 13.1 Å². The van der Waals surface area contributed by atoms with Crippen molar-refractivity contribution in [1.29, 1.82) is 0 Å². The van der Waals surface area contributed by atoms with Gasteiger partial charge in [-0.15, -0.1) is 0 Å². The summed E-state index contributed by atoms with van der Waals surface area (Å²) >= 11 is 0. The van der Waals surface area contributed by atoms with Crippen LogP contribution in [0.25, 0.3) is 0 Å². The van der Waals surface area contributed by atoms with Crippen molar-refractivity contribution in [2.45, 2.75) is 58.3 Å². The van der Waals surface area contributed by atoms with Crippen LogP contribution in [0.5, 0.6) is 5.75 Å². The second-order valence-electron chi connectivity index (χ2n) is 6.90. The Morgan fingerprint density at radius 2 is 2.23 bits per heavy atom. The second-order valence-corrected chi connectivity index (χ2v) is 6.90. The number of amides is 1. The number of nitrogens with one attached hydrogen (secondary N) is 1. The molecule has 0 saturated heterocycles. The first kappa shape index (κ1) is 18.5. The molecular formula is C20H27N3O3. The molecule has 0 spiro atoms. The lowest BCUT2D eigenvalue weighted by atomic mass is 10.2. The molecule has 1 unspecified atom stereocenters. The Hall–Kier alpha value is -2.34. The largest absolute Gasteiger partial charge is 0.497 e. The van der Waals surface area contributed by atoms with Crippen LogP contribution in [0.2, 0.25) is 0 Å². The highest BCUT2D eigenvalue weighted by Gasteiger charge is 2.30. The van der Waals surface area contributed by atoms with Crippen molar-refractivity contribution in [3.05, 3.63) is 47.7 Å². The van der Waals surface area contributed by atoms with E-state index in [0.29, 0.717) is 24.2 Å². The zero-order valence-electron chi connectivity index (χ0n) is 15.7. The molecule has 0 bridgehead atoms. The fourth-order valence-electron chi connectivity index (χ4n) is 2.82. The maximum absolute atomic E-state index is 12.2. The summed E-state index contributed by atoms with van der Waals surface area (Å²) in [5, 5.41) is 2.91. The summed E-state index contributed by atoms with van der Waals surface area (Å²) in [6.45, 7) is 5.41. The highest BCUT2D eigenvalue weighted by atomic mass is 16.5. The maximum Gasteiger partial charge on any atom is 0.273 e. The Kier molecular flexibility index (Phi) is 5.93. The molecule has 6 heteroatoms. The van der Waals surface area contributed by atoms with Gasteiger partial charge in [-0.3, -0.25) is 9.69 Å². The number of nitrogens with zero attached hydrogens (tertiary/aromatic N) is 2. The number of ether oxygens (including phenoxy) is 1. The van der Waals surface area contributed by atoms with Crippen LogP contribution >= 0.6 is 0 Å². The van der Waals surface area contributed by atoms with Crippen molar-refractivity contribution < 1.29 is 13.9 Å². The van der Waals surface area contributed by atoms with Crippen molar-refractivity contribution in [3.63, 3.8) is 0 Å². The van der Waals surface area contributed by atoms with Crippen LogP contribution in [0.4, 0.5) is 0 Å². The number of aromatic nitrogens is 1. The highest BCUT2D eigenvalue weighted by Crippen LogP contribution is 2.30. The van der Waals surface area contributed by atoms with Gasteiger partial charge in [-0.25, -0.2) is 4.98 Å². The van der Waals surface area contributed by atoms with Gasteiger partial charge in [0.2, 0.25) is 5.89 Å². The van der Waals surface area contributed by atoms with Crippen LogP contribution in [0, 0.1) is 0 Å². The summed E-state index contributed by atoms with van der Waals surface area (Å²) < 4.78 is 10.9. The predicted molar refractivity (Wildman–Crippen MR) is 99.0 cm³/mol. The Morgan fingerprint density at radius 3 is 2.92 bits per heavy atom. The molecular weight excluding hydrogens is 330 g/mol. The molecule has 6 nitrogen and oxygen atoms in total. The second kappa shape index (κ2) is 8.36. The molecule has 1 fully saturated rings. The third-order valence-corrected chi connectivity index (χ3v) is 4.70. The van der Waals surface area contributed by atoms with Crippen molar-refractivity contribution >= 4 is 5.91 Å². The third kappa shape index (κ3) is 4.85. The van der Waals surface area contributed by atoms with Crippen molar-refractivity contribution in [2.75, 3.05) is 7.11 Å². The molecule has 1 saturated carbocycles. The van der Waals surface area contributed by atoms with Gasteiger partial charge in [-0.05, 0) is 43.9 Å². The number of carbonyl (C=O) groups excluding carboxylic acids is 1. The molecule has 2 aromatic rings. The summed E-state index contributed by atoms with van der Waals surface area (Å²) in [7, 11) is 1.68. The minimum absolute atomic E-state index is 0.124. The van der Waals surface area contributed by atoms with Crippen LogP contribution in [0.3, 0.4) is 0 Å². The van der Waals surface area contributed by atoms with E-state index in [2.05, 4.69) is 27.3 Å². The van der Waals surface area contributed by atoms with Crippen molar-refractivity contribution in [2.24, 2.45) is 0 Å². The molecule has 1 aromatic heterocycles. The predicted octanol–water partition coefficient (Wildman–Crippen LogP) is 3.38. The van der Waals surface area contributed by atoms with E-state index in [-0.39, 0.29) is 11.9 Å². The average molecular weight is 357 g/mol. The number of oxazole rings is 1. The Morgan fingerprint density at radius 1 is 1.42 bits per heavy atom. The van der Waals surface area contributed by atoms with Gasteiger partial charge in [0.25, 0.3) is 5.91 Å². The molecule has 3 rings (SSSR count). The van der Waals surface area contributed by atoms with Gasteiger partial charge in [-0.1, -0.05) is 19.1 Å². The lowest BCUT2D eigenvalue weighted by molar-refractivity contribution is 0.0934. The van der Waals surface area contributed by atoms with Gasteiger partial charge in [0.15, 0.2) is 5.69 Å². The van der Waals surface area contributed by atoms with Crippen molar-refractivity contribution in [3.8, 4) is 5.75 Å². The first-order valence-corrected chi connectivity index (χ1v) is 9.21. The minimum atomic E-state index is -0.180. The van der Waals surface area contributed by atoms with Gasteiger partial charge in [0, 0.05) is 18.6 Å². The van der Waals surface area contributed by atoms with E-state index in [0.717, 1.165) is 18.7 Å².